The van der Waals surface area contributed by atoms with Gasteiger partial charge in [0, 0.05) is 18.0 Å². The number of aromatic nitrogens is 3. The highest BCUT2D eigenvalue weighted by molar-refractivity contribution is 7.98. The predicted molar refractivity (Wildman–Crippen MR) is 117 cm³/mol. The Kier molecular flexibility index (Phi) is 6.26. The van der Waals surface area contributed by atoms with Gasteiger partial charge in [0.1, 0.15) is 18.0 Å². The number of fused-ring (bicyclic) bond motifs is 1. The molecule has 1 fully saturated rings. The maximum Gasteiger partial charge on any atom is 0.303 e. The van der Waals surface area contributed by atoms with Crippen molar-refractivity contribution in [3.63, 3.8) is 0 Å². The number of carboxylic acid groups (broad SMARTS) is 1. The van der Waals surface area contributed by atoms with Crippen LogP contribution in [-0.4, -0.2) is 51.3 Å². The summed E-state index contributed by atoms with van der Waals surface area (Å²) in [6, 6.07) is 3.84. The van der Waals surface area contributed by atoms with E-state index in [2.05, 4.69) is 15.0 Å². The van der Waals surface area contributed by atoms with Gasteiger partial charge in [0.15, 0.2) is 5.16 Å². The van der Waals surface area contributed by atoms with Crippen LogP contribution in [-0.2, 0) is 4.79 Å². The van der Waals surface area contributed by atoms with E-state index < -0.39 is 5.97 Å². The van der Waals surface area contributed by atoms with Gasteiger partial charge in [0.05, 0.1) is 18.4 Å². The SMILES string of the molecule is CSc1nc(N)c2c(n1)OCCN(c1ccc([C@H]3CC[C@H](CC(=O)O)CC3)nc1)C2=O. The lowest BCUT2D eigenvalue weighted by molar-refractivity contribution is -0.138. The van der Waals surface area contributed by atoms with Gasteiger partial charge in [-0.1, -0.05) is 11.8 Å². The maximum absolute atomic E-state index is 13.2. The molecule has 2 aliphatic rings. The summed E-state index contributed by atoms with van der Waals surface area (Å²) in [4.78, 5) is 38.7. The zero-order valence-corrected chi connectivity index (χ0v) is 18.1. The predicted octanol–water partition coefficient (Wildman–Crippen LogP) is 2.96. The number of carboxylic acids is 1. The molecule has 4 rings (SSSR count). The van der Waals surface area contributed by atoms with E-state index in [1.807, 2.05) is 18.4 Å². The third-order valence-electron chi connectivity index (χ3n) is 5.89. The Bertz CT molecular complexity index is 976. The number of aliphatic carboxylic acids is 1. The summed E-state index contributed by atoms with van der Waals surface area (Å²) in [6.07, 6.45) is 7.43. The molecule has 2 aromatic heterocycles. The lowest BCUT2D eigenvalue weighted by Crippen LogP contribution is -2.33. The molecule has 1 amide bonds. The first kappa shape index (κ1) is 21.4. The topological polar surface area (TPSA) is 132 Å². The van der Waals surface area contributed by atoms with E-state index in [1.165, 1.54) is 11.8 Å². The summed E-state index contributed by atoms with van der Waals surface area (Å²) in [6.45, 7) is 0.642. The van der Waals surface area contributed by atoms with E-state index in [1.54, 1.807) is 11.1 Å². The van der Waals surface area contributed by atoms with Crippen LogP contribution in [0.5, 0.6) is 5.88 Å². The maximum atomic E-state index is 13.2. The second-order valence-corrected chi connectivity index (χ2v) is 8.61. The Labute approximate surface area is 184 Å². The summed E-state index contributed by atoms with van der Waals surface area (Å²) in [5.74, 6) is -0.143. The zero-order chi connectivity index (χ0) is 22.0. The number of carbonyl (C=O) groups is 2. The van der Waals surface area contributed by atoms with Crippen LogP contribution in [0, 0.1) is 5.92 Å². The van der Waals surface area contributed by atoms with Gasteiger partial charge in [0.2, 0.25) is 5.88 Å². The van der Waals surface area contributed by atoms with Crippen LogP contribution in [0.3, 0.4) is 0 Å². The highest BCUT2D eigenvalue weighted by Gasteiger charge is 2.30. The third kappa shape index (κ3) is 4.58. The number of hydrogen-bond acceptors (Lipinski definition) is 8. The second-order valence-electron chi connectivity index (χ2n) is 7.84. The first-order chi connectivity index (χ1) is 15.0. The molecular formula is C21H25N5O4S. The first-order valence-electron chi connectivity index (χ1n) is 10.3. The fraction of sp³-hybridized carbons (Fsp3) is 0.476. The molecule has 0 unspecified atom stereocenters. The lowest BCUT2D eigenvalue weighted by Gasteiger charge is -2.27. The number of pyridine rings is 1. The Hall–Kier alpha value is -2.88. The van der Waals surface area contributed by atoms with Gasteiger partial charge in [-0.3, -0.25) is 14.6 Å². The van der Waals surface area contributed by atoms with Gasteiger partial charge in [0.25, 0.3) is 5.91 Å². The average molecular weight is 444 g/mol. The Morgan fingerprint density at radius 3 is 2.71 bits per heavy atom. The van der Waals surface area contributed by atoms with Crippen LogP contribution in [0.2, 0.25) is 0 Å². The van der Waals surface area contributed by atoms with Gasteiger partial charge >= 0.3 is 5.97 Å². The van der Waals surface area contributed by atoms with Crippen LogP contribution in [0.1, 0.15) is 54.1 Å². The van der Waals surface area contributed by atoms with Crippen molar-refractivity contribution in [1.82, 2.24) is 15.0 Å². The van der Waals surface area contributed by atoms with E-state index in [0.717, 1.165) is 31.4 Å². The van der Waals surface area contributed by atoms with E-state index in [0.29, 0.717) is 29.9 Å². The molecule has 10 heteroatoms. The third-order valence-corrected chi connectivity index (χ3v) is 6.44. The molecule has 0 aromatic carbocycles. The Morgan fingerprint density at radius 2 is 2.06 bits per heavy atom. The van der Waals surface area contributed by atoms with E-state index in [9.17, 15) is 9.59 Å². The fourth-order valence-corrected chi connectivity index (χ4v) is 4.62. The minimum absolute atomic E-state index is 0.106. The van der Waals surface area contributed by atoms with Crippen LogP contribution in [0.4, 0.5) is 11.5 Å². The van der Waals surface area contributed by atoms with E-state index >= 15 is 0 Å². The Balaban J connectivity index is 1.49. The van der Waals surface area contributed by atoms with Crippen molar-refractivity contribution in [2.75, 3.05) is 30.0 Å². The fourth-order valence-electron chi connectivity index (χ4n) is 4.26. The van der Waals surface area contributed by atoms with Crippen LogP contribution in [0.15, 0.2) is 23.5 Å². The molecule has 0 spiro atoms. The molecule has 0 atom stereocenters. The summed E-state index contributed by atoms with van der Waals surface area (Å²) in [5, 5.41) is 9.44. The minimum Gasteiger partial charge on any atom is -0.481 e. The molecule has 0 saturated heterocycles. The molecule has 1 aliphatic carbocycles. The summed E-state index contributed by atoms with van der Waals surface area (Å²) in [7, 11) is 0. The number of anilines is 2. The van der Waals surface area contributed by atoms with Gasteiger partial charge in [-0.05, 0) is 50.0 Å². The van der Waals surface area contributed by atoms with Crippen LogP contribution < -0.4 is 15.4 Å². The molecule has 0 radical (unpaired) electrons. The summed E-state index contributed by atoms with van der Waals surface area (Å²) >= 11 is 1.33. The van der Waals surface area contributed by atoms with Crippen LogP contribution in [0.25, 0.3) is 0 Å². The summed E-state index contributed by atoms with van der Waals surface area (Å²) in [5.41, 5.74) is 7.85. The second kappa shape index (κ2) is 9.09. The number of hydrogen-bond donors (Lipinski definition) is 2. The molecule has 0 bridgehead atoms. The number of nitrogens with zero attached hydrogens (tertiary/aromatic N) is 4. The number of carbonyl (C=O) groups excluding carboxylic acids is 1. The largest absolute Gasteiger partial charge is 0.481 e. The molecule has 164 valence electrons. The van der Waals surface area contributed by atoms with Gasteiger partial charge in [-0.25, -0.2) is 4.98 Å². The number of ether oxygens (including phenoxy) is 1. The van der Waals surface area contributed by atoms with Crippen molar-refractivity contribution in [2.24, 2.45) is 5.92 Å². The highest BCUT2D eigenvalue weighted by Crippen LogP contribution is 2.37. The van der Waals surface area contributed by atoms with Crippen molar-refractivity contribution in [3.8, 4) is 5.88 Å². The van der Waals surface area contributed by atoms with Gasteiger partial charge in [-0.2, -0.15) is 4.98 Å². The number of rotatable bonds is 5. The molecule has 2 aromatic rings. The van der Waals surface area contributed by atoms with Crippen molar-refractivity contribution in [3.05, 3.63) is 29.6 Å². The van der Waals surface area contributed by atoms with Gasteiger partial charge in [-0.15, -0.1) is 0 Å². The molecule has 1 aliphatic heterocycles. The number of amides is 1. The lowest BCUT2D eigenvalue weighted by atomic mass is 9.79. The molecular weight excluding hydrogens is 418 g/mol. The van der Waals surface area contributed by atoms with Crippen molar-refractivity contribution < 1.29 is 19.4 Å². The monoisotopic (exact) mass is 443 g/mol. The summed E-state index contributed by atoms with van der Waals surface area (Å²) < 4.78 is 5.68. The minimum atomic E-state index is -0.727. The quantitative estimate of drug-likeness (QED) is 0.529. The smallest absolute Gasteiger partial charge is 0.303 e. The molecule has 31 heavy (non-hydrogen) atoms. The van der Waals surface area contributed by atoms with Crippen molar-refractivity contribution in [1.29, 1.82) is 0 Å². The zero-order valence-electron chi connectivity index (χ0n) is 17.3. The van der Waals surface area contributed by atoms with E-state index in [-0.39, 0.29) is 35.5 Å². The number of nitrogens with two attached hydrogens (primary N) is 1. The molecule has 1 saturated carbocycles. The standard InChI is InChI=1S/C21H25N5O4S/c1-31-21-24-18(22)17-19(25-21)30-9-8-26(20(17)29)14-6-7-15(23-11-14)13-4-2-12(3-5-13)10-16(27)28/h6-7,11-13H,2-5,8-10H2,1H3,(H,27,28)(H2,22,24,25)/t12-,13-. The highest BCUT2D eigenvalue weighted by atomic mass is 32.2. The van der Waals surface area contributed by atoms with Crippen LogP contribution >= 0.6 is 11.8 Å². The normalized spacial score (nSPS) is 21.2. The Morgan fingerprint density at radius 1 is 1.29 bits per heavy atom. The van der Waals surface area contributed by atoms with E-state index in [4.69, 9.17) is 15.6 Å². The number of nitrogen functional groups attached to an aromatic ring is 1. The molecule has 3 heterocycles. The average Bonchev–Trinajstić information content (AvgIpc) is 2.93. The molecule has 3 N–H and O–H groups in total. The number of thioether (sulfide) groups is 1. The van der Waals surface area contributed by atoms with Gasteiger partial charge < -0.3 is 20.5 Å². The van der Waals surface area contributed by atoms with Crippen molar-refractivity contribution in [2.45, 2.75) is 43.2 Å². The molecule has 9 nitrogen and oxygen atoms in total. The van der Waals surface area contributed by atoms with Crippen molar-refractivity contribution >= 4 is 35.1 Å². The first-order valence-corrected chi connectivity index (χ1v) is 11.5.